The van der Waals surface area contributed by atoms with Crippen LogP contribution in [0.25, 0.3) is 6.08 Å². The van der Waals surface area contributed by atoms with Crippen molar-refractivity contribution in [3.05, 3.63) is 93.9 Å². The largest absolute Gasteiger partial charge is 0.493 e. The number of benzene rings is 3. The standard InChI is InChI=1S/C26H23ClN2O5S2/c1-3-29-25(30)24(35-26(29)28-36(31,32)20-10-5-4-6-11-20)16-18-13-14-22(23(15-18)33-2)34-17-19-9-7-8-12-21(19)27/h4-16H,3,17H2,1-2H3/b24-16-,28-26+. The van der Waals surface area contributed by atoms with Crippen LogP contribution >= 0.6 is 23.4 Å². The summed E-state index contributed by atoms with van der Waals surface area (Å²) in [6.07, 6.45) is 1.67. The van der Waals surface area contributed by atoms with E-state index < -0.39 is 10.0 Å². The summed E-state index contributed by atoms with van der Waals surface area (Å²) in [5, 5.41) is 0.728. The Bertz CT molecular complexity index is 1440. The zero-order valence-electron chi connectivity index (χ0n) is 19.5. The molecule has 1 aliphatic heterocycles. The first kappa shape index (κ1) is 25.8. The molecule has 3 aromatic carbocycles. The number of amidine groups is 1. The van der Waals surface area contributed by atoms with Crippen molar-refractivity contribution < 1.29 is 22.7 Å². The molecule has 10 heteroatoms. The van der Waals surface area contributed by atoms with E-state index in [9.17, 15) is 13.2 Å². The van der Waals surface area contributed by atoms with E-state index in [0.717, 1.165) is 17.3 Å². The van der Waals surface area contributed by atoms with E-state index in [4.69, 9.17) is 21.1 Å². The van der Waals surface area contributed by atoms with E-state index >= 15 is 0 Å². The normalized spacial score (nSPS) is 16.1. The number of halogens is 1. The summed E-state index contributed by atoms with van der Waals surface area (Å²) in [7, 11) is -2.43. The molecule has 0 radical (unpaired) electrons. The smallest absolute Gasteiger partial charge is 0.284 e. The Morgan fingerprint density at radius 3 is 2.44 bits per heavy atom. The average Bonchev–Trinajstić information content (AvgIpc) is 3.17. The molecule has 0 spiro atoms. The van der Waals surface area contributed by atoms with Gasteiger partial charge in [0.1, 0.15) is 6.61 Å². The van der Waals surface area contributed by atoms with Crippen LogP contribution in [0.4, 0.5) is 0 Å². The number of ether oxygens (including phenoxy) is 2. The van der Waals surface area contributed by atoms with Crippen LogP contribution in [-0.4, -0.2) is 38.0 Å². The molecule has 1 amide bonds. The SMILES string of the molecule is CCN1C(=O)/C(=C/c2ccc(OCc3ccccc3Cl)c(OC)c2)S/C1=N/S(=O)(=O)c1ccccc1. The monoisotopic (exact) mass is 542 g/mol. The second kappa shape index (κ2) is 11.2. The maximum absolute atomic E-state index is 13.0. The lowest BCUT2D eigenvalue weighted by Crippen LogP contribution is -2.29. The molecule has 3 aromatic rings. The van der Waals surface area contributed by atoms with Gasteiger partial charge in [0.05, 0.1) is 16.9 Å². The van der Waals surface area contributed by atoms with Gasteiger partial charge in [0, 0.05) is 17.1 Å². The lowest BCUT2D eigenvalue weighted by Gasteiger charge is -2.12. The number of sulfonamides is 1. The zero-order valence-corrected chi connectivity index (χ0v) is 21.9. The number of rotatable bonds is 8. The number of thioether (sulfide) groups is 1. The van der Waals surface area contributed by atoms with Crippen molar-refractivity contribution in [1.82, 2.24) is 4.90 Å². The van der Waals surface area contributed by atoms with Crippen LogP contribution in [0, 0.1) is 0 Å². The van der Waals surface area contributed by atoms with Gasteiger partial charge >= 0.3 is 0 Å². The first-order valence-corrected chi connectivity index (χ1v) is 13.6. The zero-order chi connectivity index (χ0) is 25.7. The molecule has 1 heterocycles. The molecule has 7 nitrogen and oxygen atoms in total. The summed E-state index contributed by atoms with van der Waals surface area (Å²) in [5.74, 6) is 0.693. The number of hydrogen-bond acceptors (Lipinski definition) is 6. The molecule has 4 rings (SSSR count). The van der Waals surface area contributed by atoms with Gasteiger partial charge < -0.3 is 9.47 Å². The minimum absolute atomic E-state index is 0.0659. The third kappa shape index (κ3) is 5.75. The lowest BCUT2D eigenvalue weighted by molar-refractivity contribution is -0.122. The molecular formula is C26H23ClN2O5S2. The van der Waals surface area contributed by atoms with E-state index in [1.54, 1.807) is 55.5 Å². The van der Waals surface area contributed by atoms with Crippen LogP contribution in [0.2, 0.25) is 5.02 Å². The number of nitrogens with zero attached hydrogens (tertiary/aromatic N) is 2. The van der Waals surface area contributed by atoms with Gasteiger partial charge in [-0.25, -0.2) is 0 Å². The van der Waals surface area contributed by atoms with Crippen LogP contribution in [0.15, 0.2) is 87.0 Å². The quantitative estimate of drug-likeness (QED) is 0.344. The lowest BCUT2D eigenvalue weighted by atomic mass is 10.1. The van der Waals surface area contributed by atoms with Gasteiger partial charge in [0.2, 0.25) is 0 Å². The maximum Gasteiger partial charge on any atom is 0.284 e. The molecule has 0 atom stereocenters. The first-order valence-electron chi connectivity index (χ1n) is 11.0. The van der Waals surface area contributed by atoms with Crippen molar-refractivity contribution in [2.45, 2.75) is 18.4 Å². The predicted molar refractivity (Wildman–Crippen MR) is 143 cm³/mol. The fourth-order valence-corrected chi connectivity index (χ4v) is 5.87. The molecule has 0 unspecified atom stereocenters. The van der Waals surface area contributed by atoms with Crippen LogP contribution in [0.5, 0.6) is 11.5 Å². The topological polar surface area (TPSA) is 85.3 Å². The highest BCUT2D eigenvalue weighted by molar-refractivity contribution is 8.19. The number of carbonyl (C=O) groups excluding carboxylic acids is 1. The number of amides is 1. The van der Waals surface area contributed by atoms with Crippen molar-refractivity contribution in [3.63, 3.8) is 0 Å². The Kier molecular flexibility index (Phi) is 8.03. The fraction of sp³-hybridized carbons (Fsp3) is 0.154. The van der Waals surface area contributed by atoms with E-state index in [0.29, 0.717) is 27.0 Å². The summed E-state index contributed by atoms with van der Waals surface area (Å²) < 4.78 is 40.8. The molecule has 1 fully saturated rings. The molecule has 0 aliphatic carbocycles. The Hall–Kier alpha value is -3.27. The average molecular weight is 543 g/mol. The number of carbonyl (C=O) groups is 1. The minimum atomic E-state index is -3.95. The summed E-state index contributed by atoms with van der Waals surface area (Å²) >= 11 is 7.22. The first-order chi connectivity index (χ1) is 17.3. The molecule has 1 saturated heterocycles. The highest BCUT2D eigenvalue weighted by Crippen LogP contribution is 2.35. The van der Waals surface area contributed by atoms with E-state index in [1.807, 2.05) is 18.2 Å². The summed E-state index contributed by atoms with van der Waals surface area (Å²) in [6.45, 7) is 2.32. The Morgan fingerprint density at radius 2 is 1.75 bits per heavy atom. The molecule has 186 valence electrons. The number of likely N-dealkylation sites (N-methyl/N-ethyl adjacent to an activating group) is 1. The second-order valence-corrected chi connectivity index (χ2v) is 10.6. The molecule has 0 aromatic heterocycles. The van der Waals surface area contributed by atoms with Gasteiger partial charge in [-0.3, -0.25) is 9.69 Å². The summed E-state index contributed by atoms with van der Waals surface area (Å²) in [4.78, 5) is 14.7. The molecule has 0 N–H and O–H groups in total. The molecule has 0 bridgehead atoms. The molecule has 1 aliphatic rings. The number of methoxy groups -OCH3 is 1. The van der Waals surface area contributed by atoms with Crippen molar-refractivity contribution in [2.75, 3.05) is 13.7 Å². The van der Waals surface area contributed by atoms with Crippen LogP contribution < -0.4 is 9.47 Å². The van der Waals surface area contributed by atoms with Crippen molar-refractivity contribution in [3.8, 4) is 11.5 Å². The Balaban J connectivity index is 1.57. The van der Waals surface area contributed by atoms with Gasteiger partial charge in [0.25, 0.3) is 15.9 Å². The Labute approximate surface area is 219 Å². The summed E-state index contributed by atoms with van der Waals surface area (Å²) in [5.41, 5.74) is 1.54. The highest BCUT2D eigenvalue weighted by Gasteiger charge is 2.34. The van der Waals surface area contributed by atoms with E-state index in [1.165, 1.54) is 24.1 Å². The number of hydrogen-bond donors (Lipinski definition) is 0. The third-order valence-corrected chi connectivity index (χ3v) is 8.04. The van der Waals surface area contributed by atoms with Crippen LogP contribution in [0.1, 0.15) is 18.1 Å². The van der Waals surface area contributed by atoms with Gasteiger partial charge in [-0.2, -0.15) is 8.42 Å². The fourth-order valence-electron chi connectivity index (χ4n) is 3.42. The van der Waals surface area contributed by atoms with Gasteiger partial charge in [-0.1, -0.05) is 54.1 Å². The van der Waals surface area contributed by atoms with Gasteiger partial charge in [0.15, 0.2) is 16.7 Å². The van der Waals surface area contributed by atoms with E-state index in [-0.39, 0.29) is 29.1 Å². The minimum Gasteiger partial charge on any atom is -0.493 e. The molecular weight excluding hydrogens is 520 g/mol. The predicted octanol–water partition coefficient (Wildman–Crippen LogP) is 5.61. The third-order valence-electron chi connectivity index (χ3n) is 5.27. The van der Waals surface area contributed by atoms with Crippen molar-refractivity contribution >= 4 is 50.5 Å². The van der Waals surface area contributed by atoms with Crippen LogP contribution in [0.3, 0.4) is 0 Å². The van der Waals surface area contributed by atoms with Crippen LogP contribution in [-0.2, 0) is 21.4 Å². The van der Waals surface area contributed by atoms with Gasteiger partial charge in [-0.15, -0.1) is 4.40 Å². The summed E-state index contributed by atoms with van der Waals surface area (Å²) in [6, 6.07) is 20.6. The molecule has 36 heavy (non-hydrogen) atoms. The van der Waals surface area contributed by atoms with Gasteiger partial charge in [-0.05, 0) is 60.7 Å². The highest BCUT2D eigenvalue weighted by atomic mass is 35.5. The van der Waals surface area contributed by atoms with E-state index in [2.05, 4.69) is 4.40 Å². The van der Waals surface area contributed by atoms with Crippen molar-refractivity contribution in [2.24, 2.45) is 4.40 Å². The Morgan fingerprint density at radius 1 is 1.03 bits per heavy atom. The van der Waals surface area contributed by atoms with Crippen molar-refractivity contribution in [1.29, 1.82) is 0 Å². The maximum atomic E-state index is 13.0. The second-order valence-electron chi connectivity index (χ2n) is 7.61. The molecule has 0 saturated carbocycles.